The minimum atomic E-state index is 0.151. The molecule has 0 bridgehead atoms. The van der Waals surface area contributed by atoms with Gasteiger partial charge >= 0.3 is 0 Å². The van der Waals surface area contributed by atoms with Gasteiger partial charge in [-0.15, -0.1) is 11.3 Å². The van der Waals surface area contributed by atoms with Crippen molar-refractivity contribution in [1.82, 2.24) is 9.88 Å². The van der Waals surface area contributed by atoms with Gasteiger partial charge in [0.25, 0.3) is 0 Å². The maximum Gasteiger partial charge on any atom is 0.0926 e. The number of hydrogen-bond acceptors (Lipinski definition) is 4. The molecular weight excluding hydrogens is 244 g/mol. The molecule has 1 aliphatic rings. The van der Waals surface area contributed by atoms with Gasteiger partial charge in [0.05, 0.1) is 10.7 Å². The molecule has 102 valence electrons. The first-order valence-corrected chi connectivity index (χ1v) is 7.86. The highest BCUT2D eigenvalue weighted by molar-refractivity contribution is 7.09. The SMILES string of the molecule is CCCC1(CO)CCN(Cc2csc(CC)n2)C1. The summed E-state index contributed by atoms with van der Waals surface area (Å²) in [6.45, 7) is 7.75. The molecule has 2 heterocycles. The Bertz CT molecular complexity index is 380. The topological polar surface area (TPSA) is 36.4 Å². The van der Waals surface area contributed by atoms with Crippen LogP contribution in [0.4, 0.5) is 0 Å². The lowest BCUT2D eigenvalue weighted by Gasteiger charge is -2.26. The van der Waals surface area contributed by atoms with Gasteiger partial charge in [-0.05, 0) is 25.8 Å². The largest absolute Gasteiger partial charge is 0.396 e. The molecule has 1 saturated heterocycles. The second-order valence-electron chi connectivity index (χ2n) is 5.45. The fraction of sp³-hybridized carbons (Fsp3) is 0.786. The third kappa shape index (κ3) is 3.11. The molecule has 1 aromatic heterocycles. The molecule has 0 aromatic carbocycles. The van der Waals surface area contributed by atoms with Gasteiger partial charge in [-0.3, -0.25) is 4.90 Å². The van der Waals surface area contributed by atoms with Crippen LogP contribution >= 0.6 is 11.3 Å². The van der Waals surface area contributed by atoms with Gasteiger partial charge in [-0.25, -0.2) is 4.98 Å². The molecule has 0 aliphatic carbocycles. The van der Waals surface area contributed by atoms with E-state index >= 15 is 0 Å². The molecule has 1 aromatic rings. The monoisotopic (exact) mass is 268 g/mol. The molecule has 3 nitrogen and oxygen atoms in total. The van der Waals surface area contributed by atoms with Crippen LogP contribution in [0.2, 0.25) is 0 Å². The number of rotatable bonds is 6. The number of aliphatic hydroxyl groups is 1. The Labute approximate surface area is 114 Å². The van der Waals surface area contributed by atoms with Crippen LogP contribution in [0.3, 0.4) is 0 Å². The van der Waals surface area contributed by atoms with Crippen LogP contribution in [0.25, 0.3) is 0 Å². The second-order valence-corrected chi connectivity index (χ2v) is 6.40. The van der Waals surface area contributed by atoms with Crippen molar-refractivity contribution in [2.45, 2.75) is 46.1 Å². The first-order valence-electron chi connectivity index (χ1n) is 6.98. The number of aliphatic hydroxyl groups excluding tert-OH is 1. The zero-order valence-corrected chi connectivity index (χ0v) is 12.3. The summed E-state index contributed by atoms with van der Waals surface area (Å²) in [5, 5.41) is 13.0. The summed E-state index contributed by atoms with van der Waals surface area (Å²) in [5.74, 6) is 0. The molecule has 0 saturated carbocycles. The molecule has 1 unspecified atom stereocenters. The van der Waals surface area contributed by atoms with E-state index < -0.39 is 0 Å². The molecule has 1 fully saturated rings. The van der Waals surface area contributed by atoms with Crippen LogP contribution in [0.1, 0.15) is 43.8 Å². The molecule has 18 heavy (non-hydrogen) atoms. The summed E-state index contributed by atoms with van der Waals surface area (Å²) in [6, 6.07) is 0. The molecule has 2 rings (SSSR count). The van der Waals surface area contributed by atoms with E-state index in [0.717, 1.165) is 45.3 Å². The predicted octanol–water partition coefficient (Wildman–Crippen LogP) is 2.69. The molecule has 0 spiro atoms. The van der Waals surface area contributed by atoms with Gasteiger partial charge < -0.3 is 5.11 Å². The zero-order chi connectivity index (χ0) is 13.0. The fourth-order valence-electron chi connectivity index (χ4n) is 2.92. The Kier molecular flexibility index (Phi) is 4.76. The van der Waals surface area contributed by atoms with Gasteiger partial charge in [0.1, 0.15) is 0 Å². The first-order chi connectivity index (χ1) is 8.71. The molecule has 1 N–H and O–H groups in total. The van der Waals surface area contributed by atoms with Crippen LogP contribution in [0, 0.1) is 5.41 Å². The van der Waals surface area contributed by atoms with Crippen molar-refractivity contribution >= 4 is 11.3 Å². The minimum absolute atomic E-state index is 0.151. The summed E-state index contributed by atoms with van der Waals surface area (Å²) >= 11 is 1.76. The third-order valence-electron chi connectivity index (χ3n) is 3.92. The van der Waals surface area contributed by atoms with Gasteiger partial charge in [0, 0.05) is 30.5 Å². The van der Waals surface area contributed by atoms with Crippen molar-refractivity contribution in [3.63, 3.8) is 0 Å². The highest BCUT2D eigenvalue weighted by Crippen LogP contribution is 2.35. The number of thiazole rings is 1. The maximum absolute atomic E-state index is 9.63. The molecule has 4 heteroatoms. The van der Waals surface area contributed by atoms with Crippen LogP contribution < -0.4 is 0 Å². The molecule has 1 atom stereocenters. The average molecular weight is 268 g/mol. The van der Waals surface area contributed by atoms with E-state index in [1.165, 1.54) is 10.7 Å². The molecule has 0 radical (unpaired) electrons. The van der Waals surface area contributed by atoms with E-state index in [9.17, 15) is 5.11 Å². The van der Waals surface area contributed by atoms with Gasteiger partial charge in [-0.1, -0.05) is 20.3 Å². The molecular formula is C14H24N2OS. The standard InChI is InChI=1S/C14H24N2OS/c1-3-5-14(11-17)6-7-16(10-14)8-12-9-18-13(4-2)15-12/h9,17H,3-8,10-11H2,1-2H3. The van der Waals surface area contributed by atoms with Gasteiger partial charge in [0.15, 0.2) is 0 Å². The number of likely N-dealkylation sites (tertiary alicyclic amines) is 1. The molecule has 1 aliphatic heterocycles. The maximum atomic E-state index is 9.63. The fourth-order valence-corrected chi connectivity index (χ4v) is 3.65. The smallest absolute Gasteiger partial charge is 0.0926 e. The summed E-state index contributed by atoms with van der Waals surface area (Å²) in [6.07, 6.45) is 4.45. The normalized spacial score (nSPS) is 24.8. The van der Waals surface area contributed by atoms with Gasteiger partial charge in [0.2, 0.25) is 0 Å². The van der Waals surface area contributed by atoms with Crippen molar-refractivity contribution in [2.75, 3.05) is 19.7 Å². The first kappa shape index (κ1) is 14.0. The number of aromatic nitrogens is 1. The predicted molar refractivity (Wildman–Crippen MR) is 75.8 cm³/mol. The highest BCUT2D eigenvalue weighted by atomic mass is 32.1. The lowest BCUT2D eigenvalue weighted by Crippen LogP contribution is -2.30. The number of nitrogens with zero attached hydrogens (tertiary/aromatic N) is 2. The van der Waals surface area contributed by atoms with Crippen molar-refractivity contribution in [1.29, 1.82) is 0 Å². The van der Waals surface area contributed by atoms with E-state index in [1.54, 1.807) is 11.3 Å². The quantitative estimate of drug-likeness (QED) is 0.862. The summed E-state index contributed by atoms with van der Waals surface area (Å²) in [5.41, 5.74) is 1.35. The van der Waals surface area contributed by atoms with Crippen LogP contribution in [0.15, 0.2) is 5.38 Å². The van der Waals surface area contributed by atoms with Crippen LogP contribution in [-0.4, -0.2) is 34.7 Å². The summed E-state index contributed by atoms with van der Waals surface area (Å²) in [7, 11) is 0. The average Bonchev–Trinajstić information content (AvgIpc) is 2.98. The van der Waals surface area contributed by atoms with Crippen molar-refractivity contribution < 1.29 is 5.11 Å². The van der Waals surface area contributed by atoms with Crippen LogP contribution in [-0.2, 0) is 13.0 Å². The Morgan fingerprint density at radius 1 is 1.50 bits per heavy atom. The Balaban J connectivity index is 1.92. The summed E-state index contributed by atoms with van der Waals surface area (Å²) < 4.78 is 0. The van der Waals surface area contributed by atoms with Crippen LogP contribution in [0.5, 0.6) is 0 Å². The van der Waals surface area contributed by atoms with Crippen molar-refractivity contribution in [2.24, 2.45) is 5.41 Å². The molecule has 0 amide bonds. The lowest BCUT2D eigenvalue weighted by molar-refractivity contribution is 0.117. The third-order valence-corrected chi connectivity index (χ3v) is 4.96. The minimum Gasteiger partial charge on any atom is -0.396 e. The van der Waals surface area contributed by atoms with Crippen molar-refractivity contribution in [3.05, 3.63) is 16.1 Å². The zero-order valence-electron chi connectivity index (χ0n) is 11.5. The lowest BCUT2D eigenvalue weighted by atomic mass is 9.83. The number of hydrogen-bond donors (Lipinski definition) is 1. The Morgan fingerprint density at radius 3 is 2.94 bits per heavy atom. The van der Waals surface area contributed by atoms with E-state index in [1.807, 2.05) is 0 Å². The van der Waals surface area contributed by atoms with E-state index in [2.05, 4.69) is 29.1 Å². The van der Waals surface area contributed by atoms with E-state index in [-0.39, 0.29) is 5.41 Å². The second kappa shape index (κ2) is 6.13. The Hall–Kier alpha value is -0.450. The summed E-state index contributed by atoms with van der Waals surface area (Å²) in [4.78, 5) is 7.07. The van der Waals surface area contributed by atoms with Gasteiger partial charge in [-0.2, -0.15) is 0 Å². The van der Waals surface area contributed by atoms with Crippen molar-refractivity contribution in [3.8, 4) is 0 Å². The number of aryl methyl sites for hydroxylation is 1. The Morgan fingerprint density at radius 2 is 2.33 bits per heavy atom. The highest BCUT2D eigenvalue weighted by Gasteiger charge is 2.36. The van der Waals surface area contributed by atoms with E-state index in [0.29, 0.717) is 6.61 Å². The van der Waals surface area contributed by atoms with E-state index in [4.69, 9.17) is 0 Å².